The Hall–Kier alpha value is -3.10. The molecule has 0 saturated carbocycles. The predicted molar refractivity (Wildman–Crippen MR) is 129 cm³/mol. The minimum absolute atomic E-state index is 0.00875. The van der Waals surface area contributed by atoms with Crippen LogP contribution in [0, 0.1) is 0 Å². The zero-order valence-corrected chi connectivity index (χ0v) is 20.6. The van der Waals surface area contributed by atoms with Gasteiger partial charge in [0.2, 0.25) is 0 Å². The lowest BCUT2D eigenvalue weighted by molar-refractivity contribution is -0.140. The van der Waals surface area contributed by atoms with Crippen LogP contribution in [-0.4, -0.2) is 46.3 Å². The van der Waals surface area contributed by atoms with Gasteiger partial charge in [0.25, 0.3) is 0 Å². The standard InChI is InChI=1S/C26H29NO6S/c1-15-23(26(29)33-10-9-30-2)25(22-6-5-11-34-22)24-18(27-15)12-17(13-19(24)28)16-7-8-20(31-3)21(14-16)32-4/h5-8,11,14,17,25,27H,9-10,12-13H2,1-4H3/t17-,25-/m0/s1. The highest BCUT2D eigenvalue weighted by Gasteiger charge is 2.42. The minimum atomic E-state index is -0.440. The first-order valence-electron chi connectivity index (χ1n) is 11.1. The lowest BCUT2D eigenvalue weighted by atomic mass is 9.73. The summed E-state index contributed by atoms with van der Waals surface area (Å²) in [5.74, 6) is 0.439. The fourth-order valence-corrected chi connectivity index (χ4v) is 5.53. The van der Waals surface area contributed by atoms with Gasteiger partial charge in [-0.1, -0.05) is 12.1 Å². The summed E-state index contributed by atoms with van der Waals surface area (Å²) in [6.45, 7) is 2.33. The number of benzene rings is 1. The molecule has 1 aromatic heterocycles. The first-order valence-corrected chi connectivity index (χ1v) is 12.0. The number of dihydropyridines is 1. The number of nitrogens with one attached hydrogen (secondary N) is 1. The van der Waals surface area contributed by atoms with Crippen molar-refractivity contribution in [1.29, 1.82) is 0 Å². The lowest BCUT2D eigenvalue weighted by Crippen LogP contribution is -2.36. The Balaban J connectivity index is 1.69. The minimum Gasteiger partial charge on any atom is -0.493 e. The average Bonchev–Trinajstić information content (AvgIpc) is 3.37. The second-order valence-electron chi connectivity index (χ2n) is 8.28. The number of thiophene rings is 1. The third-order valence-electron chi connectivity index (χ3n) is 6.27. The number of Topliss-reactive ketones (excluding diaryl/α,β-unsaturated/α-hetero) is 1. The largest absolute Gasteiger partial charge is 0.493 e. The Morgan fingerprint density at radius 3 is 2.56 bits per heavy atom. The first-order chi connectivity index (χ1) is 16.5. The van der Waals surface area contributed by atoms with E-state index in [4.69, 9.17) is 18.9 Å². The number of esters is 1. The van der Waals surface area contributed by atoms with Crippen molar-refractivity contribution in [3.8, 4) is 11.5 Å². The smallest absolute Gasteiger partial charge is 0.336 e. The fourth-order valence-electron chi connectivity index (χ4n) is 4.69. The third-order valence-corrected chi connectivity index (χ3v) is 7.21. The molecule has 0 amide bonds. The molecule has 1 aliphatic heterocycles. The molecule has 0 bridgehead atoms. The van der Waals surface area contributed by atoms with Crippen LogP contribution in [0.1, 0.15) is 42.0 Å². The number of ether oxygens (including phenoxy) is 4. The van der Waals surface area contributed by atoms with Crippen LogP contribution in [0.15, 0.2) is 58.3 Å². The Labute approximate surface area is 203 Å². The molecule has 34 heavy (non-hydrogen) atoms. The van der Waals surface area contributed by atoms with Crippen molar-refractivity contribution in [2.75, 3.05) is 34.5 Å². The molecule has 2 aliphatic rings. The molecular weight excluding hydrogens is 454 g/mol. The van der Waals surface area contributed by atoms with Crippen LogP contribution in [0.4, 0.5) is 0 Å². The maximum Gasteiger partial charge on any atom is 0.336 e. The average molecular weight is 484 g/mol. The van der Waals surface area contributed by atoms with E-state index >= 15 is 0 Å². The highest BCUT2D eigenvalue weighted by atomic mass is 32.1. The van der Waals surface area contributed by atoms with E-state index < -0.39 is 11.9 Å². The number of hydrogen-bond acceptors (Lipinski definition) is 8. The molecule has 7 nitrogen and oxygen atoms in total. The van der Waals surface area contributed by atoms with Gasteiger partial charge in [0.15, 0.2) is 17.3 Å². The third kappa shape index (κ3) is 4.60. The topological polar surface area (TPSA) is 83.1 Å². The van der Waals surface area contributed by atoms with Gasteiger partial charge in [-0.2, -0.15) is 0 Å². The Kier molecular flexibility index (Phi) is 7.38. The monoisotopic (exact) mass is 483 g/mol. The van der Waals surface area contributed by atoms with E-state index in [0.29, 0.717) is 47.8 Å². The molecular formula is C26H29NO6S. The molecule has 0 fully saturated rings. The number of carbonyl (C=O) groups excluding carboxylic acids is 2. The van der Waals surface area contributed by atoms with Gasteiger partial charge >= 0.3 is 5.97 Å². The summed E-state index contributed by atoms with van der Waals surface area (Å²) in [5.41, 5.74) is 3.72. The van der Waals surface area contributed by atoms with Crippen LogP contribution in [0.2, 0.25) is 0 Å². The van der Waals surface area contributed by atoms with Crippen molar-refractivity contribution >= 4 is 23.1 Å². The highest BCUT2D eigenvalue weighted by molar-refractivity contribution is 7.10. The van der Waals surface area contributed by atoms with Crippen LogP contribution < -0.4 is 14.8 Å². The number of allylic oxidation sites excluding steroid dienone is 3. The van der Waals surface area contributed by atoms with Gasteiger partial charge in [0, 0.05) is 35.4 Å². The van der Waals surface area contributed by atoms with E-state index in [2.05, 4.69) is 5.32 Å². The highest BCUT2D eigenvalue weighted by Crippen LogP contribution is 2.47. The summed E-state index contributed by atoms with van der Waals surface area (Å²) in [5, 5.41) is 5.33. The van der Waals surface area contributed by atoms with Crippen LogP contribution >= 0.6 is 11.3 Å². The second-order valence-corrected chi connectivity index (χ2v) is 9.26. The molecule has 1 N–H and O–H groups in total. The quantitative estimate of drug-likeness (QED) is 0.442. The summed E-state index contributed by atoms with van der Waals surface area (Å²) in [7, 11) is 4.76. The van der Waals surface area contributed by atoms with E-state index in [9.17, 15) is 9.59 Å². The van der Waals surface area contributed by atoms with Crippen molar-refractivity contribution in [1.82, 2.24) is 5.32 Å². The molecule has 0 radical (unpaired) electrons. The van der Waals surface area contributed by atoms with Gasteiger partial charge in [0.05, 0.1) is 32.3 Å². The fraction of sp³-hybridized carbons (Fsp3) is 0.385. The Morgan fingerprint density at radius 2 is 1.88 bits per heavy atom. The van der Waals surface area contributed by atoms with Crippen LogP contribution in [-0.2, 0) is 19.1 Å². The van der Waals surface area contributed by atoms with Crippen molar-refractivity contribution in [2.45, 2.75) is 31.6 Å². The molecule has 4 rings (SSSR count). The molecule has 2 atom stereocenters. The van der Waals surface area contributed by atoms with Gasteiger partial charge < -0.3 is 24.3 Å². The molecule has 1 aromatic carbocycles. The Morgan fingerprint density at radius 1 is 1.09 bits per heavy atom. The van der Waals surface area contributed by atoms with Crippen LogP contribution in [0.5, 0.6) is 11.5 Å². The van der Waals surface area contributed by atoms with Gasteiger partial charge in [-0.25, -0.2) is 4.79 Å². The first kappa shape index (κ1) is 24.0. The maximum atomic E-state index is 13.6. The van der Waals surface area contributed by atoms with Gasteiger partial charge in [-0.05, 0) is 48.4 Å². The number of carbonyl (C=O) groups is 2. The molecule has 0 unspecified atom stereocenters. The Bertz CT molecular complexity index is 1130. The predicted octanol–water partition coefficient (Wildman–Crippen LogP) is 4.32. The molecule has 8 heteroatoms. The van der Waals surface area contributed by atoms with E-state index in [1.165, 1.54) is 11.3 Å². The van der Waals surface area contributed by atoms with E-state index in [1.54, 1.807) is 21.3 Å². The molecule has 1 aliphatic carbocycles. The van der Waals surface area contributed by atoms with Crippen molar-refractivity contribution in [2.24, 2.45) is 0 Å². The summed E-state index contributed by atoms with van der Waals surface area (Å²) in [6, 6.07) is 9.68. The summed E-state index contributed by atoms with van der Waals surface area (Å²) in [6.07, 6.45) is 1.00. The molecule has 0 spiro atoms. The molecule has 0 saturated heterocycles. The number of hydrogen-bond donors (Lipinski definition) is 1. The van der Waals surface area contributed by atoms with E-state index in [1.807, 2.05) is 42.6 Å². The van der Waals surface area contributed by atoms with Crippen molar-refractivity contribution in [3.63, 3.8) is 0 Å². The van der Waals surface area contributed by atoms with Crippen molar-refractivity contribution in [3.05, 3.63) is 68.7 Å². The molecule has 2 aromatic rings. The normalized spacial score (nSPS) is 20.1. The van der Waals surface area contributed by atoms with Gasteiger partial charge in [0.1, 0.15) is 6.61 Å². The van der Waals surface area contributed by atoms with Gasteiger partial charge in [-0.3, -0.25) is 4.79 Å². The lowest BCUT2D eigenvalue weighted by Gasteiger charge is -2.36. The SMILES string of the molecule is COCCOC(=O)C1=C(C)NC2=C(C(=O)C[C@@H](c3ccc(OC)c(OC)c3)C2)[C@H]1c1cccs1. The van der Waals surface area contributed by atoms with E-state index in [0.717, 1.165) is 16.1 Å². The number of rotatable bonds is 8. The van der Waals surface area contributed by atoms with Crippen molar-refractivity contribution < 1.29 is 28.5 Å². The zero-order chi connectivity index (χ0) is 24.2. The number of ketones is 1. The van der Waals surface area contributed by atoms with E-state index in [-0.39, 0.29) is 18.3 Å². The van der Waals surface area contributed by atoms with Crippen LogP contribution in [0.3, 0.4) is 0 Å². The molecule has 180 valence electrons. The number of methoxy groups -OCH3 is 3. The summed E-state index contributed by atoms with van der Waals surface area (Å²) < 4.78 is 21.3. The summed E-state index contributed by atoms with van der Waals surface area (Å²) >= 11 is 1.53. The molecule has 2 heterocycles. The van der Waals surface area contributed by atoms with Crippen LogP contribution in [0.25, 0.3) is 0 Å². The second kappa shape index (κ2) is 10.4. The summed E-state index contributed by atoms with van der Waals surface area (Å²) in [4.78, 5) is 27.6. The maximum absolute atomic E-state index is 13.6. The van der Waals surface area contributed by atoms with Gasteiger partial charge in [-0.15, -0.1) is 11.3 Å². The zero-order valence-electron chi connectivity index (χ0n) is 19.8.